The maximum absolute atomic E-state index is 12.6. The van der Waals surface area contributed by atoms with Gasteiger partial charge in [-0.05, 0) is 24.1 Å². The zero-order valence-electron chi connectivity index (χ0n) is 8.83. The van der Waals surface area contributed by atoms with Gasteiger partial charge in [-0.25, -0.2) is 4.98 Å². The molecule has 17 heavy (non-hydrogen) atoms. The fraction of sp³-hybridized carbons (Fsp3) is 0.250. The van der Waals surface area contributed by atoms with Crippen LogP contribution < -0.4 is 0 Å². The summed E-state index contributed by atoms with van der Waals surface area (Å²) in [6.07, 6.45) is -0.149. The van der Waals surface area contributed by atoms with E-state index in [2.05, 4.69) is 4.98 Å². The number of halogens is 3. The Morgan fingerprint density at radius 1 is 1.24 bits per heavy atom. The Balaban J connectivity index is 2.18. The van der Waals surface area contributed by atoms with Gasteiger partial charge in [0.05, 0.1) is 5.56 Å². The van der Waals surface area contributed by atoms with Crippen LogP contribution in [0.5, 0.6) is 0 Å². The molecule has 2 heterocycles. The number of imidazole rings is 1. The predicted molar refractivity (Wildman–Crippen MR) is 56.4 cm³/mol. The van der Waals surface area contributed by atoms with Crippen molar-refractivity contribution in [2.45, 2.75) is 19.1 Å². The molecule has 0 saturated heterocycles. The van der Waals surface area contributed by atoms with Crippen LogP contribution in [0.4, 0.5) is 13.2 Å². The zero-order valence-corrected chi connectivity index (χ0v) is 8.83. The predicted octanol–water partition coefficient (Wildman–Crippen LogP) is 3.13. The molecule has 2 aromatic rings. The molecule has 1 aromatic heterocycles. The normalized spacial score (nSPS) is 14.3. The second-order valence-corrected chi connectivity index (χ2v) is 4.06. The third-order valence-corrected chi connectivity index (χ3v) is 3.02. The lowest BCUT2D eigenvalue weighted by Crippen LogP contribution is -2.12. The highest BCUT2D eigenvalue weighted by Crippen LogP contribution is 2.35. The van der Waals surface area contributed by atoms with Gasteiger partial charge in [0.15, 0.2) is 0 Å². The van der Waals surface area contributed by atoms with Crippen LogP contribution in [0.25, 0.3) is 11.4 Å². The van der Waals surface area contributed by atoms with Gasteiger partial charge in [0, 0.05) is 24.5 Å². The monoisotopic (exact) mass is 238 g/mol. The second kappa shape index (κ2) is 3.35. The zero-order chi connectivity index (χ0) is 12.0. The maximum atomic E-state index is 12.6. The SMILES string of the molecule is FC(F)(F)c1ccc2c(c1)-c1nccn1CC2. The smallest absolute Gasteiger partial charge is 0.331 e. The van der Waals surface area contributed by atoms with Crippen molar-refractivity contribution in [3.8, 4) is 11.4 Å². The minimum Gasteiger partial charge on any atom is -0.331 e. The van der Waals surface area contributed by atoms with E-state index in [9.17, 15) is 13.2 Å². The van der Waals surface area contributed by atoms with Gasteiger partial charge in [0.2, 0.25) is 0 Å². The van der Waals surface area contributed by atoms with Gasteiger partial charge in [-0.15, -0.1) is 0 Å². The van der Waals surface area contributed by atoms with Crippen molar-refractivity contribution in [2.75, 3.05) is 0 Å². The van der Waals surface area contributed by atoms with Crippen LogP contribution in [-0.4, -0.2) is 9.55 Å². The average molecular weight is 238 g/mol. The quantitative estimate of drug-likeness (QED) is 0.689. The first-order valence-electron chi connectivity index (χ1n) is 5.27. The Labute approximate surface area is 95.7 Å². The van der Waals surface area contributed by atoms with Crippen molar-refractivity contribution in [1.82, 2.24) is 9.55 Å². The lowest BCUT2D eigenvalue weighted by Gasteiger charge is -2.19. The number of alkyl halides is 3. The molecule has 5 heteroatoms. The fourth-order valence-electron chi connectivity index (χ4n) is 2.15. The Hall–Kier alpha value is -1.78. The number of rotatable bonds is 0. The summed E-state index contributed by atoms with van der Waals surface area (Å²) in [5.41, 5.74) is 0.903. The summed E-state index contributed by atoms with van der Waals surface area (Å²) in [5.74, 6) is 0.623. The highest BCUT2D eigenvalue weighted by molar-refractivity contribution is 5.63. The summed E-state index contributed by atoms with van der Waals surface area (Å²) in [6.45, 7) is 0.772. The van der Waals surface area contributed by atoms with E-state index in [1.807, 2.05) is 4.57 Å². The second-order valence-electron chi connectivity index (χ2n) is 4.06. The molecule has 0 fully saturated rings. The lowest BCUT2D eigenvalue weighted by atomic mass is 9.98. The number of benzene rings is 1. The van der Waals surface area contributed by atoms with Crippen molar-refractivity contribution < 1.29 is 13.2 Å². The average Bonchev–Trinajstić information content (AvgIpc) is 2.75. The highest BCUT2D eigenvalue weighted by Gasteiger charge is 2.32. The molecule has 88 valence electrons. The molecule has 0 saturated carbocycles. The summed E-state index contributed by atoms with van der Waals surface area (Å²) < 4.78 is 39.8. The van der Waals surface area contributed by atoms with Crippen LogP contribution >= 0.6 is 0 Å². The minimum absolute atomic E-state index is 0.594. The van der Waals surface area contributed by atoms with Gasteiger partial charge < -0.3 is 4.57 Å². The largest absolute Gasteiger partial charge is 0.416 e. The van der Waals surface area contributed by atoms with Gasteiger partial charge in [-0.3, -0.25) is 0 Å². The van der Waals surface area contributed by atoms with E-state index < -0.39 is 11.7 Å². The van der Waals surface area contributed by atoms with Crippen LogP contribution in [-0.2, 0) is 19.1 Å². The highest BCUT2D eigenvalue weighted by atomic mass is 19.4. The molecule has 1 aliphatic rings. The van der Waals surface area contributed by atoms with Crippen molar-refractivity contribution in [3.05, 3.63) is 41.7 Å². The van der Waals surface area contributed by atoms with Gasteiger partial charge in [0.1, 0.15) is 5.82 Å². The van der Waals surface area contributed by atoms with Crippen molar-refractivity contribution in [1.29, 1.82) is 0 Å². The summed E-state index contributed by atoms with van der Waals surface area (Å²) in [7, 11) is 0. The third kappa shape index (κ3) is 1.62. The molecule has 0 amide bonds. The van der Waals surface area contributed by atoms with Gasteiger partial charge >= 0.3 is 6.18 Å². The summed E-state index contributed by atoms with van der Waals surface area (Å²) in [5, 5.41) is 0. The molecule has 0 radical (unpaired) electrons. The number of aryl methyl sites for hydroxylation is 2. The summed E-state index contributed by atoms with van der Waals surface area (Å²) >= 11 is 0. The fourth-order valence-corrected chi connectivity index (χ4v) is 2.15. The number of hydrogen-bond acceptors (Lipinski definition) is 1. The Morgan fingerprint density at radius 2 is 2.06 bits per heavy atom. The molecule has 0 unspecified atom stereocenters. The maximum Gasteiger partial charge on any atom is 0.416 e. The third-order valence-electron chi connectivity index (χ3n) is 3.02. The molecule has 0 spiro atoms. The van der Waals surface area contributed by atoms with Gasteiger partial charge in [-0.1, -0.05) is 6.07 Å². The van der Waals surface area contributed by atoms with E-state index >= 15 is 0 Å². The van der Waals surface area contributed by atoms with E-state index in [1.165, 1.54) is 6.07 Å². The number of aromatic nitrogens is 2. The molecular formula is C12H9F3N2. The first-order chi connectivity index (χ1) is 8.05. The molecular weight excluding hydrogens is 229 g/mol. The van der Waals surface area contributed by atoms with Gasteiger partial charge in [-0.2, -0.15) is 13.2 Å². The molecule has 0 aliphatic carbocycles. The molecule has 3 rings (SSSR count). The van der Waals surface area contributed by atoms with Crippen LogP contribution in [0.3, 0.4) is 0 Å². The Bertz CT molecular complexity index is 569. The number of hydrogen-bond donors (Lipinski definition) is 0. The van der Waals surface area contributed by atoms with Crippen molar-refractivity contribution in [3.63, 3.8) is 0 Å². The first-order valence-corrected chi connectivity index (χ1v) is 5.27. The standard InChI is InChI=1S/C12H9F3N2/c13-12(14,15)9-2-1-8-3-5-17-6-4-16-11(17)10(8)7-9/h1-2,4,6-7H,3,5H2. The van der Waals surface area contributed by atoms with Crippen LogP contribution in [0, 0.1) is 0 Å². The molecule has 1 aliphatic heterocycles. The summed E-state index contributed by atoms with van der Waals surface area (Å²) in [4.78, 5) is 4.12. The molecule has 0 bridgehead atoms. The van der Waals surface area contributed by atoms with E-state index in [1.54, 1.807) is 18.5 Å². The Morgan fingerprint density at radius 3 is 2.82 bits per heavy atom. The van der Waals surface area contributed by atoms with E-state index in [-0.39, 0.29) is 0 Å². The lowest BCUT2D eigenvalue weighted by molar-refractivity contribution is -0.137. The van der Waals surface area contributed by atoms with Crippen molar-refractivity contribution >= 4 is 0 Å². The summed E-state index contributed by atoms with van der Waals surface area (Å²) in [6, 6.07) is 3.88. The number of fused-ring (bicyclic) bond motifs is 3. The van der Waals surface area contributed by atoms with E-state index in [0.717, 1.165) is 24.6 Å². The van der Waals surface area contributed by atoms with Crippen LogP contribution in [0.2, 0.25) is 0 Å². The van der Waals surface area contributed by atoms with Gasteiger partial charge in [0.25, 0.3) is 0 Å². The number of nitrogens with zero attached hydrogens (tertiary/aromatic N) is 2. The molecule has 0 N–H and O–H groups in total. The molecule has 0 atom stereocenters. The molecule has 2 nitrogen and oxygen atoms in total. The Kier molecular flexibility index (Phi) is 2.05. The molecule has 1 aromatic carbocycles. The minimum atomic E-state index is -4.30. The van der Waals surface area contributed by atoms with Crippen LogP contribution in [0.1, 0.15) is 11.1 Å². The first kappa shape index (κ1) is 10.4. The van der Waals surface area contributed by atoms with E-state index in [4.69, 9.17) is 0 Å². The van der Waals surface area contributed by atoms with E-state index in [0.29, 0.717) is 11.4 Å². The van der Waals surface area contributed by atoms with Crippen LogP contribution in [0.15, 0.2) is 30.6 Å². The topological polar surface area (TPSA) is 17.8 Å². The van der Waals surface area contributed by atoms with Crippen molar-refractivity contribution in [2.24, 2.45) is 0 Å².